The number of hydrogen-bond donors (Lipinski definition) is 0. The van der Waals surface area contributed by atoms with Gasteiger partial charge in [-0.2, -0.15) is 13.2 Å². The van der Waals surface area contributed by atoms with Crippen LogP contribution in [0, 0.1) is 0 Å². The predicted molar refractivity (Wildman–Crippen MR) is 96.7 cm³/mol. The molecule has 2 unspecified atom stereocenters. The number of ether oxygens (including phenoxy) is 3. The van der Waals surface area contributed by atoms with Crippen LogP contribution in [0.5, 0.6) is 0 Å². The summed E-state index contributed by atoms with van der Waals surface area (Å²) < 4.78 is 55.8. The zero-order valence-electron chi connectivity index (χ0n) is 16.7. The van der Waals surface area contributed by atoms with Crippen LogP contribution in [0.25, 0.3) is 0 Å². The third-order valence-electron chi connectivity index (χ3n) is 4.85. The van der Waals surface area contributed by atoms with Gasteiger partial charge in [0.1, 0.15) is 17.0 Å². The Morgan fingerprint density at radius 3 is 2.31 bits per heavy atom. The second-order valence-corrected chi connectivity index (χ2v) is 8.11. The normalized spacial score (nSPS) is 26.9. The van der Waals surface area contributed by atoms with Gasteiger partial charge in [-0.3, -0.25) is 4.79 Å². The van der Waals surface area contributed by atoms with E-state index < -0.39 is 40.3 Å². The lowest BCUT2D eigenvalue weighted by Gasteiger charge is -2.39. The molecule has 0 saturated carbocycles. The Balaban J connectivity index is 2.06. The topological polar surface area (TPSA) is 61.8 Å². The molecule has 158 valence electrons. The van der Waals surface area contributed by atoms with Crippen molar-refractivity contribution in [3.63, 3.8) is 0 Å². The molecule has 2 bridgehead atoms. The van der Waals surface area contributed by atoms with Gasteiger partial charge in [-0.25, -0.2) is 4.79 Å². The van der Waals surface area contributed by atoms with Gasteiger partial charge < -0.3 is 14.2 Å². The van der Waals surface area contributed by atoms with Gasteiger partial charge in [-0.05, 0) is 57.9 Å². The van der Waals surface area contributed by atoms with Crippen LogP contribution in [-0.2, 0) is 35.6 Å². The van der Waals surface area contributed by atoms with E-state index in [1.807, 2.05) is 0 Å². The molecule has 0 amide bonds. The van der Waals surface area contributed by atoms with E-state index in [2.05, 4.69) is 0 Å². The van der Waals surface area contributed by atoms with Crippen molar-refractivity contribution in [1.82, 2.24) is 0 Å². The maximum Gasteiger partial charge on any atom is 0.416 e. The zero-order chi connectivity index (χ0) is 21.7. The van der Waals surface area contributed by atoms with Crippen molar-refractivity contribution in [2.75, 3.05) is 6.61 Å². The van der Waals surface area contributed by atoms with E-state index >= 15 is 0 Å². The van der Waals surface area contributed by atoms with Gasteiger partial charge in [0, 0.05) is 6.42 Å². The fourth-order valence-electron chi connectivity index (χ4n) is 3.59. The van der Waals surface area contributed by atoms with Crippen molar-refractivity contribution in [3.8, 4) is 0 Å². The van der Waals surface area contributed by atoms with E-state index in [9.17, 15) is 22.8 Å². The van der Waals surface area contributed by atoms with Crippen LogP contribution >= 0.6 is 0 Å². The molecular formula is C21H23F3O5. The number of rotatable bonds is 4. The molecule has 1 fully saturated rings. The summed E-state index contributed by atoms with van der Waals surface area (Å²) in [6.45, 7) is 6.86. The molecule has 2 aliphatic rings. The molecule has 3 rings (SSSR count). The lowest BCUT2D eigenvalue weighted by molar-refractivity contribution is -0.202. The van der Waals surface area contributed by atoms with Gasteiger partial charge in [0.25, 0.3) is 5.60 Å². The van der Waals surface area contributed by atoms with E-state index in [4.69, 9.17) is 14.2 Å². The van der Waals surface area contributed by atoms with E-state index in [1.54, 1.807) is 27.7 Å². The van der Waals surface area contributed by atoms with E-state index in [1.165, 1.54) is 18.2 Å². The zero-order valence-corrected chi connectivity index (χ0v) is 16.7. The van der Waals surface area contributed by atoms with Gasteiger partial charge in [-0.15, -0.1) is 0 Å². The Morgan fingerprint density at radius 1 is 1.17 bits per heavy atom. The largest absolute Gasteiger partial charge is 0.494 e. The first-order chi connectivity index (χ1) is 13.3. The molecule has 1 saturated heterocycles. The monoisotopic (exact) mass is 412 g/mol. The summed E-state index contributed by atoms with van der Waals surface area (Å²) in [5, 5.41) is 0. The summed E-state index contributed by atoms with van der Waals surface area (Å²) in [5.41, 5.74) is -4.57. The number of fused-ring (bicyclic) bond motifs is 2. The highest BCUT2D eigenvalue weighted by Crippen LogP contribution is 2.52. The molecule has 0 aliphatic carbocycles. The molecule has 2 heterocycles. The Labute approximate surface area is 166 Å². The van der Waals surface area contributed by atoms with Crippen molar-refractivity contribution in [3.05, 3.63) is 47.2 Å². The Kier molecular flexibility index (Phi) is 5.06. The minimum Gasteiger partial charge on any atom is -0.494 e. The molecular weight excluding hydrogens is 389 g/mol. The summed E-state index contributed by atoms with van der Waals surface area (Å²) in [5.74, 6) is -1.36. The molecule has 8 heteroatoms. The maximum absolute atomic E-state index is 13.0. The summed E-state index contributed by atoms with van der Waals surface area (Å²) in [7, 11) is 0. The second-order valence-electron chi connectivity index (χ2n) is 8.11. The SMILES string of the molecule is CCOC1=CC2(c3ccc(C(F)(F)F)cc3)CCC(=O)C1(C(=O)OC(C)(C)C)O2. The standard InChI is InChI=1S/C21H23F3O5/c1-5-27-16-12-19(13-6-8-14(9-7-13)21(22,23)24)11-10-15(25)20(16,29-19)17(26)28-18(2,3)4/h6-9,12H,5,10-11H2,1-4H3. The van der Waals surface area contributed by atoms with Gasteiger partial charge in [0.15, 0.2) is 5.78 Å². The van der Waals surface area contributed by atoms with Gasteiger partial charge in [0.05, 0.1) is 12.2 Å². The van der Waals surface area contributed by atoms with Crippen LogP contribution in [0.15, 0.2) is 36.1 Å². The lowest BCUT2D eigenvalue weighted by atomic mass is 9.85. The Hall–Kier alpha value is -2.35. The first kappa shape index (κ1) is 21.4. The van der Waals surface area contributed by atoms with Crippen molar-refractivity contribution in [2.24, 2.45) is 0 Å². The molecule has 2 atom stereocenters. The van der Waals surface area contributed by atoms with E-state index in [-0.39, 0.29) is 25.2 Å². The smallest absolute Gasteiger partial charge is 0.416 e. The second kappa shape index (κ2) is 6.86. The average molecular weight is 412 g/mol. The lowest BCUT2D eigenvalue weighted by Crippen LogP contribution is -2.56. The number of alkyl halides is 3. The predicted octanol–water partition coefficient (Wildman–Crippen LogP) is 4.29. The molecule has 0 aromatic heterocycles. The van der Waals surface area contributed by atoms with E-state index in [0.717, 1.165) is 12.1 Å². The molecule has 0 N–H and O–H groups in total. The van der Waals surface area contributed by atoms with Gasteiger partial charge >= 0.3 is 12.1 Å². The van der Waals surface area contributed by atoms with Crippen molar-refractivity contribution >= 4 is 11.8 Å². The van der Waals surface area contributed by atoms with Crippen LogP contribution in [0.3, 0.4) is 0 Å². The number of Topliss-reactive ketones (excluding diaryl/α,β-unsaturated/α-hetero) is 1. The average Bonchev–Trinajstić information content (AvgIpc) is 2.89. The number of halogens is 3. The molecule has 1 aromatic rings. The van der Waals surface area contributed by atoms with E-state index in [0.29, 0.717) is 5.56 Å². The Bertz CT molecular complexity index is 851. The van der Waals surface area contributed by atoms with Crippen LogP contribution in [0.1, 0.15) is 51.7 Å². The number of hydrogen-bond acceptors (Lipinski definition) is 5. The fraction of sp³-hybridized carbons (Fsp3) is 0.524. The third kappa shape index (κ3) is 3.66. The summed E-state index contributed by atoms with van der Waals surface area (Å²) in [4.78, 5) is 25.9. The fourth-order valence-corrected chi connectivity index (χ4v) is 3.59. The highest BCUT2D eigenvalue weighted by atomic mass is 19.4. The number of carbonyl (C=O) groups is 2. The number of esters is 1. The molecule has 1 aromatic carbocycles. The molecule has 0 spiro atoms. The summed E-state index contributed by atoms with van der Waals surface area (Å²) in [6, 6.07) is 4.49. The van der Waals surface area contributed by atoms with Gasteiger partial charge in [0.2, 0.25) is 0 Å². The highest BCUT2D eigenvalue weighted by molar-refractivity contribution is 6.11. The first-order valence-electron chi connectivity index (χ1n) is 9.35. The van der Waals surface area contributed by atoms with Crippen LogP contribution in [-0.4, -0.2) is 29.6 Å². The van der Waals surface area contributed by atoms with Gasteiger partial charge in [-0.1, -0.05) is 12.1 Å². The molecule has 29 heavy (non-hydrogen) atoms. The molecule has 0 radical (unpaired) electrons. The molecule has 2 aliphatic heterocycles. The molecule has 5 nitrogen and oxygen atoms in total. The quantitative estimate of drug-likeness (QED) is 0.545. The summed E-state index contributed by atoms with van der Waals surface area (Å²) in [6.07, 6.45) is -2.78. The third-order valence-corrected chi connectivity index (χ3v) is 4.85. The minimum atomic E-state index is -4.47. The number of carbonyl (C=O) groups excluding carboxylic acids is 2. The van der Waals surface area contributed by atoms with Crippen LogP contribution < -0.4 is 0 Å². The summed E-state index contributed by atoms with van der Waals surface area (Å²) >= 11 is 0. The minimum absolute atomic E-state index is 0.00661. The van der Waals surface area contributed by atoms with Crippen LogP contribution in [0.2, 0.25) is 0 Å². The number of ketones is 1. The van der Waals surface area contributed by atoms with Crippen molar-refractivity contribution in [2.45, 2.75) is 63.5 Å². The first-order valence-corrected chi connectivity index (χ1v) is 9.35. The van der Waals surface area contributed by atoms with Crippen molar-refractivity contribution < 1.29 is 37.0 Å². The van der Waals surface area contributed by atoms with Crippen LogP contribution in [0.4, 0.5) is 13.2 Å². The van der Waals surface area contributed by atoms with Crippen molar-refractivity contribution in [1.29, 1.82) is 0 Å². The maximum atomic E-state index is 13.0. The highest BCUT2D eigenvalue weighted by Gasteiger charge is 2.65. The Morgan fingerprint density at radius 2 is 1.79 bits per heavy atom. The number of benzene rings is 1.